The lowest BCUT2D eigenvalue weighted by Gasteiger charge is -2.12. The van der Waals surface area contributed by atoms with Gasteiger partial charge in [0.25, 0.3) is 5.91 Å². The third-order valence-corrected chi connectivity index (χ3v) is 4.41. The number of nitrogens with zero attached hydrogens (tertiary/aromatic N) is 3. The second kappa shape index (κ2) is 8.39. The van der Waals surface area contributed by atoms with Crippen molar-refractivity contribution in [3.8, 4) is 11.5 Å². The van der Waals surface area contributed by atoms with Gasteiger partial charge >= 0.3 is 0 Å². The number of ether oxygens (including phenoxy) is 1. The first-order valence-electron chi connectivity index (χ1n) is 9.24. The summed E-state index contributed by atoms with van der Waals surface area (Å²) in [4.78, 5) is 16.6. The first-order chi connectivity index (χ1) is 14.2. The number of hydrogen-bond donors (Lipinski definition) is 1. The lowest BCUT2D eigenvalue weighted by Crippen LogP contribution is -2.12. The molecule has 6 heteroatoms. The fraction of sp³-hybridized carbons (Fsp3) is 0.0870. The second-order valence-electron chi connectivity index (χ2n) is 6.66. The van der Waals surface area contributed by atoms with Crippen molar-refractivity contribution in [2.24, 2.45) is 0 Å². The number of anilines is 1. The van der Waals surface area contributed by atoms with Crippen LogP contribution in [0.25, 0.3) is 0 Å². The van der Waals surface area contributed by atoms with E-state index in [-0.39, 0.29) is 5.91 Å². The molecule has 0 spiro atoms. The molecule has 4 aromatic rings. The van der Waals surface area contributed by atoms with Crippen LogP contribution in [0.3, 0.4) is 0 Å². The van der Waals surface area contributed by atoms with Gasteiger partial charge in [-0.1, -0.05) is 42.0 Å². The van der Waals surface area contributed by atoms with Crippen molar-refractivity contribution < 1.29 is 9.53 Å². The average Bonchev–Trinajstić information content (AvgIpc) is 3.25. The fourth-order valence-corrected chi connectivity index (χ4v) is 2.85. The highest BCUT2D eigenvalue weighted by Crippen LogP contribution is 2.29. The SMILES string of the molecule is Cc1ccc(Oc2ccccc2NC(=O)c2ccc(Cn3cncn3)cc2)cc1. The fourth-order valence-electron chi connectivity index (χ4n) is 2.85. The summed E-state index contributed by atoms with van der Waals surface area (Å²) in [5, 5.41) is 7.02. The summed E-state index contributed by atoms with van der Waals surface area (Å²) in [7, 11) is 0. The minimum Gasteiger partial charge on any atom is -0.455 e. The van der Waals surface area contributed by atoms with Crippen LogP contribution in [-0.4, -0.2) is 20.7 Å². The Morgan fingerprint density at radius 1 is 1.00 bits per heavy atom. The Hall–Kier alpha value is -3.93. The van der Waals surface area contributed by atoms with Gasteiger partial charge < -0.3 is 10.1 Å². The highest BCUT2D eigenvalue weighted by Gasteiger charge is 2.11. The first kappa shape index (κ1) is 18.4. The molecule has 0 saturated heterocycles. The quantitative estimate of drug-likeness (QED) is 0.524. The number of carbonyl (C=O) groups excluding carboxylic acids is 1. The van der Waals surface area contributed by atoms with Crippen molar-refractivity contribution >= 4 is 11.6 Å². The van der Waals surface area contributed by atoms with Gasteiger partial charge in [0.15, 0.2) is 5.75 Å². The molecule has 4 rings (SSSR count). The van der Waals surface area contributed by atoms with Crippen LogP contribution >= 0.6 is 0 Å². The van der Waals surface area contributed by atoms with Gasteiger partial charge in [-0.15, -0.1) is 0 Å². The molecule has 29 heavy (non-hydrogen) atoms. The van der Waals surface area contributed by atoms with E-state index < -0.39 is 0 Å². The van der Waals surface area contributed by atoms with Crippen molar-refractivity contribution in [2.45, 2.75) is 13.5 Å². The predicted molar refractivity (Wildman–Crippen MR) is 111 cm³/mol. The number of hydrogen-bond acceptors (Lipinski definition) is 4. The van der Waals surface area contributed by atoms with E-state index >= 15 is 0 Å². The molecule has 0 fully saturated rings. The number of aryl methyl sites for hydroxylation is 1. The number of rotatable bonds is 6. The molecule has 1 heterocycles. The normalized spacial score (nSPS) is 10.5. The summed E-state index contributed by atoms with van der Waals surface area (Å²) in [6.45, 7) is 2.63. The highest BCUT2D eigenvalue weighted by molar-refractivity contribution is 6.05. The van der Waals surface area contributed by atoms with Crippen LogP contribution in [0.15, 0.2) is 85.5 Å². The lowest BCUT2D eigenvalue weighted by molar-refractivity contribution is 0.102. The third kappa shape index (κ3) is 4.68. The van der Waals surface area contributed by atoms with E-state index in [1.54, 1.807) is 23.1 Å². The van der Waals surface area contributed by atoms with E-state index in [4.69, 9.17) is 4.74 Å². The zero-order valence-corrected chi connectivity index (χ0v) is 15.9. The third-order valence-electron chi connectivity index (χ3n) is 4.41. The summed E-state index contributed by atoms with van der Waals surface area (Å²) >= 11 is 0. The van der Waals surface area contributed by atoms with Gasteiger partial charge in [-0.3, -0.25) is 4.79 Å². The van der Waals surface area contributed by atoms with E-state index in [0.717, 1.165) is 16.9 Å². The van der Waals surface area contributed by atoms with Crippen LogP contribution in [0.5, 0.6) is 11.5 Å². The molecule has 0 bridgehead atoms. The molecule has 0 atom stereocenters. The van der Waals surface area contributed by atoms with Gasteiger partial charge in [0.05, 0.1) is 12.2 Å². The zero-order valence-electron chi connectivity index (χ0n) is 15.9. The maximum absolute atomic E-state index is 12.7. The van der Waals surface area contributed by atoms with Crippen LogP contribution in [-0.2, 0) is 6.54 Å². The number of benzene rings is 3. The summed E-state index contributed by atoms with van der Waals surface area (Å²) in [6.07, 6.45) is 3.16. The molecule has 0 aliphatic rings. The van der Waals surface area contributed by atoms with Crippen molar-refractivity contribution in [1.29, 1.82) is 0 Å². The maximum Gasteiger partial charge on any atom is 0.255 e. The van der Waals surface area contributed by atoms with Crippen molar-refractivity contribution in [3.05, 3.63) is 102 Å². The number of carbonyl (C=O) groups is 1. The largest absolute Gasteiger partial charge is 0.455 e. The summed E-state index contributed by atoms with van der Waals surface area (Å²) in [5.74, 6) is 1.11. The Kier molecular flexibility index (Phi) is 5.33. The Balaban J connectivity index is 1.46. The topological polar surface area (TPSA) is 69.0 Å². The van der Waals surface area contributed by atoms with Gasteiger partial charge in [-0.25, -0.2) is 9.67 Å². The molecule has 1 aromatic heterocycles. The van der Waals surface area contributed by atoms with Crippen molar-refractivity contribution in [2.75, 3.05) is 5.32 Å². The molecule has 144 valence electrons. The van der Waals surface area contributed by atoms with Gasteiger partial charge in [0.1, 0.15) is 18.4 Å². The molecule has 3 aromatic carbocycles. The van der Waals surface area contributed by atoms with Crippen LogP contribution in [0.2, 0.25) is 0 Å². The summed E-state index contributed by atoms with van der Waals surface area (Å²) in [5.41, 5.74) is 3.38. The van der Waals surface area contributed by atoms with Crippen molar-refractivity contribution in [1.82, 2.24) is 14.8 Å². The van der Waals surface area contributed by atoms with E-state index in [0.29, 0.717) is 23.5 Å². The molecule has 0 aliphatic carbocycles. The number of para-hydroxylation sites is 2. The standard InChI is InChI=1S/C23H20N4O2/c1-17-6-12-20(13-7-17)29-22-5-3-2-4-21(22)26-23(28)19-10-8-18(9-11-19)14-27-16-24-15-25-27/h2-13,15-16H,14H2,1H3,(H,26,28). The predicted octanol–water partition coefficient (Wildman–Crippen LogP) is 4.68. The first-order valence-corrected chi connectivity index (χ1v) is 9.24. The van der Waals surface area contributed by atoms with E-state index in [1.807, 2.05) is 67.6 Å². The molecule has 1 amide bonds. The van der Waals surface area contributed by atoms with Crippen LogP contribution in [0.4, 0.5) is 5.69 Å². The van der Waals surface area contributed by atoms with E-state index in [9.17, 15) is 4.79 Å². The number of amides is 1. The molecule has 0 aliphatic heterocycles. The van der Waals surface area contributed by atoms with E-state index in [1.165, 1.54) is 6.33 Å². The van der Waals surface area contributed by atoms with Gasteiger partial charge in [-0.2, -0.15) is 5.10 Å². The Morgan fingerprint density at radius 2 is 1.76 bits per heavy atom. The minimum absolute atomic E-state index is 0.197. The van der Waals surface area contributed by atoms with E-state index in [2.05, 4.69) is 15.4 Å². The minimum atomic E-state index is -0.197. The van der Waals surface area contributed by atoms with Crippen molar-refractivity contribution in [3.63, 3.8) is 0 Å². The molecule has 0 saturated carbocycles. The van der Waals surface area contributed by atoms with Gasteiger partial charge in [0, 0.05) is 5.56 Å². The summed E-state index contributed by atoms with van der Waals surface area (Å²) < 4.78 is 7.68. The Labute approximate surface area is 168 Å². The number of nitrogens with one attached hydrogen (secondary N) is 1. The smallest absolute Gasteiger partial charge is 0.255 e. The Morgan fingerprint density at radius 3 is 2.48 bits per heavy atom. The van der Waals surface area contributed by atoms with Crippen LogP contribution in [0.1, 0.15) is 21.5 Å². The molecule has 1 N–H and O–H groups in total. The Bertz CT molecular complexity index is 1090. The highest BCUT2D eigenvalue weighted by atomic mass is 16.5. The van der Waals surface area contributed by atoms with Gasteiger partial charge in [-0.05, 0) is 48.9 Å². The molecule has 0 unspecified atom stereocenters. The number of aromatic nitrogens is 3. The lowest BCUT2D eigenvalue weighted by atomic mass is 10.1. The van der Waals surface area contributed by atoms with Crippen LogP contribution < -0.4 is 10.1 Å². The molecular formula is C23H20N4O2. The monoisotopic (exact) mass is 384 g/mol. The average molecular weight is 384 g/mol. The second-order valence-corrected chi connectivity index (χ2v) is 6.66. The zero-order chi connectivity index (χ0) is 20.1. The molecule has 6 nitrogen and oxygen atoms in total. The summed E-state index contributed by atoms with van der Waals surface area (Å²) in [6, 6.07) is 22.6. The molecular weight excluding hydrogens is 364 g/mol. The molecule has 0 radical (unpaired) electrons. The van der Waals surface area contributed by atoms with Crippen LogP contribution in [0, 0.1) is 6.92 Å². The maximum atomic E-state index is 12.7. The van der Waals surface area contributed by atoms with Gasteiger partial charge in [0.2, 0.25) is 0 Å².